The van der Waals surface area contributed by atoms with E-state index in [1.807, 2.05) is 12.1 Å². The van der Waals surface area contributed by atoms with Gasteiger partial charge >= 0.3 is 5.97 Å². The van der Waals surface area contributed by atoms with Gasteiger partial charge in [-0.25, -0.2) is 0 Å². The first kappa shape index (κ1) is 12.7. The van der Waals surface area contributed by atoms with Gasteiger partial charge in [0, 0.05) is 27.6 Å². The topological polar surface area (TPSA) is 42.2 Å². The minimum absolute atomic E-state index is 0.148. The Morgan fingerprint density at radius 1 is 1.21 bits per heavy atom. The molecule has 0 spiro atoms. The molecule has 0 bridgehead atoms. The summed E-state index contributed by atoms with van der Waals surface area (Å²) in [7, 11) is 0. The quantitative estimate of drug-likeness (QED) is 0.899. The number of nitrogens with zero attached hydrogens (tertiary/aromatic N) is 1. The molecule has 0 radical (unpaired) electrons. The Morgan fingerprint density at radius 2 is 1.95 bits per heavy atom. The molecule has 1 saturated carbocycles. The van der Waals surface area contributed by atoms with E-state index in [4.69, 9.17) is 5.11 Å². The second-order valence-corrected chi connectivity index (χ2v) is 6.09. The third-order valence-corrected chi connectivity index (χ3v) is 4.84. The van der Waals surface area contributed by atoms with Crippen molar-refractivity contribution in [2.75, 3.05) is 0 Å². The number of carbonyl (C=O) groups is 1. The van der Waals surface area contributed by atoms with Crippen molar-refractivity contribution in [2.24, 2.45) is 5.92 Å². The van der Waals surface area contributed by atoms with E-state index in [9.17, 15) is 4.79 Å². The fourth-order valence-corrected chi connectivity index (χ4v) is 3.56. The Kier molecular flexibility index (Phi) is 3.35. The molecule has 1 fully saturated rings. The summed E-state index contributed by atoms with van der Waals surface area (Å²) in [6.45, 7) is 0. The van der Waals surface area contributed by atoms with Crippen LogP contribution in [0.3, 0.4) is 0 Å². The Hall–Kier alpha value is -1.29. The average molecular weight is 322 g/mol. The van der Waals surface area contributed by atoms with Crippen LogP contribution in [0.4, 0.5) is 0 Å². The van der Waals surface area contributed by atoms with Gasteiger partial charge in [-0.05, 0) is 43.9 Å². The molecule has 0 saturated heterocycles. The van der Waals surface area contributed by atoms with Crippen LogP contribution in [0.15, 0.2) is 34.9 Å². The van der Waals surface area contributed by atoms with Crippen molar-refractivity contribution in [2.45, 2.75) is 31.7 Å². The average Bonchev–Trinajstić information content (AvgIpc) is 2.84. The van der Waals surface area contributed by atoms with Crippen LogP contribution in [0.2, 0.25) is 0 Å². The fraction of sp³-hybridized carbons (Fsp3) is 0.400. The number of rotatable bonds is 2. The Bertz CT molecular complexity index is 612. The van der Waals surface area contributed by atoms with E-state index in [1.165, 1.54) is 10.9 Å². The van der Waals surface area contributed by atoms with E-state index in [-0.39, 0.29) is 5.92 Å². The molecule has 1 N–H and O–H groups in total. The van der Waals surface area contributed by atoms with Crippen LogP contribution in [-0.2, 0) is 4.79 Å². The Labute approximate surface area is 120 Å². The second kappa shape index (κ2) is 5.00. The lowest BCUT2D eigenvalue weighted by atomic mass is 9.86. The number of hydrogen-bond acceptors (Lipinski definition) is 1. The highest BCUT2D eigenvalue weighted by Gasteiger charge is 2.27. The van der Waals surface area contributed by atoms with Gasteiger partial charge in [-0.3, -0.25) is 4.79 Å². The molecule has 2 aromatic rings. The van der Waals surface area contributed by atoms with Crippen LogP contribution in [0.25, 0.3) is 10.9 Å². The van der Waals surface area contributed by atoms with E-state index in [2.05, 4.69) is 38.8 Å². The number of benzene rings is 1. The Morgan fingerprint density at radius 3 is 2.63 bits per heavy atom. The van der Waals surface area contributed by atoms with E-state index in [1.54, 1.807) is 0 Å². The van der Waals surface area contributed by atoms with Gasteiger partial charge in [-0.1, -0.05) is 22.0 Å². The lowest BCUT2D eigenvalue weighted by Gasteiger charge is -2.28. The molecule has 1 heterocycles. The number of aromatic nitrogens is 1. The minimum atomic E-state index is -0.640. The first-order valence-corrected chi connectivity index (χ1v) is 7.44. The number of aliphatic carboxylic acids is 1. The minimum Gasteiger partial charge on any atom is -0.481 e. The van der Waals surface area contributed by atoms with Crippen molar-refractivity contribution in [3.63, 3.8) is 0 Å². The predicted octanol–water partition coefficient (Wildman–Crippen LogP) is 4.22. The highest BCUT2D eigenvalue weighted by atomic mass is 79.9. The first-order valence-electron chi connectivity index (χ1n) is 6.64. The van der Waals surface area contributed by atoms with Crippen molar-refractivity contribution >= 4 is 32.8 Å². The van der Waals surface area contributed by atoms with Crippen LogP contribution in [-0.4, -0.2) is 15.6 Å². The van der Waals surface area contributed by atoms with Gasteiger partial charge in [0.25, 0.3) is 0 Å². The van der Waals surface area contributed by atoms with Crippen molar-refractivity contribution in [1.29, 1.82) is 0 Å². The molecular formula is C15H16BrNO2. The summed E-state index contributed by atoms with van der Waals surface area (Å²) >= 11 is 3.57. The maximum Gasteiger partial charge on any atom is 0.306 e. The summed E-state index contributed by atoms with van der Waals surface area (Å²) in [5.74, 6) is -0.789. The summed E-state index contributed by atoms with van der Waals surface area (Å²) in [6.07, 6.45) is 5.60. The van der Waals surface area contributed by atoms with Gasteiger partial charge < -0.3 is 9.67 Å². The van der Waals surface area contributed by atoms with Gasteiger partial charge in [0.2, 0.25) is 0 Å². The van der Waals surface area contributed by atoms with Gasteiger partial charge in [-0.15, -0.1) is 0 Å². The van der Waals surface area contributed by atoms with Crippen molar-refractivity contribution in [3.05, 3.63) is 34.9 Å². The molecule has 1 aliphatic carbocycles. The van der Waals surface area contributed by atoms with Gasteiger partial charge in [0.15, 0.2) is 0 Å². The molecule has 1 aromatic carbocycles. The maximum atomic E-state index is 11.0. The number of hydrogen-bond donors (Lipinski definition) is 1. The lowest BCUT2D eigenvalue weighted by Crippen LogP contribution is -2.22. The van der Waals surface area contributed by atoms with Crippen LogP contribution in [0, 0.1) is 5.92 Å². The highest BCUT2D eigenvalue weighted by Crippen LogP contribution is 2.35. The zero-order valence-corrected chi connectivity index (χ0v) is 12.1. The summed E-state index contributed by atoms with van der Waals surface area (Å²) in [4.78, 5) is 11.0. The molecular weight excluding hydrogens is 306 g/mol. The predicted molar refractivity (Wildman–Crippen MR) is 78.3 cm³/mol. The van der Waals surface area contributed by atoms with Crippen molar-refractivity contribution < 1.29 is 9.90 Å². The van der Waals surface area contributed by atoms with Crippen LogP contribution < -0.4 is 0 Å². The number of carboxylic acid groups (broad SMARTS) is 1. The van der Waals surface area contributed by atoms with Gasteiger partial charge in [-0.2, -0.15) is 0 Å². The summed E-state index contributed by atoms with van der Waals surface area (Å²) < 4.78 is 3.42. The van der Waals surface area contributed by atoms with Crippen LogP contribution >= 0.6 is 15.9 Å². The standard InChI is InChI=1S/C15H16BrNO2/c16-13-2-1-3-14-12(13)8-9-17(14)11-6-4-10(5-7-11)15(18)19/h1-3,8-11H,4-7H2,(H,18,19)/t10-,11-. The van der Waals surface area contributed by atoms with Gasteiger partial charge in [0.05, 0.1) is 5.92 Å². The molecule has 4 heteroatoms. The molecule has 1 aliphatic rings. The molecule has 3 rings (SSSR count). The molecule has 3 nitrogen and oxygen atoms in total. The summed E-state index contributed by atoms with van der Waals surface area (Å²) in [6, 6.07) is 8.79. The van der Waals surface area contributed by atoms with E-state index in [0.717, 1.165) is 30.2 Å². The molecule has 0 aliphatic heterocycles. The van der Waals surface area contributed by atoms with E-state index >= 15 is 0 Å². The molecule has 0 amide bonds. The smallest absolute Gasteiger partial charge is 0.306 e. The van der Waals surface area contributed by atoms with E-state index in [0.29, 0.717) is 6.04 Å². The Balaban J connectivity index is 1.86. The molecule has 0 atom stereocenters. The third-order valence-electron chi connectivity index (χ3n) is 4.15. The molecule has 0 unspecified atom stereocenters. The van der Waals surface area contributed by atoms with Crippen LogP contribution in [0.5, 0.6) is 0 Å². The SMILES string of the molecule is O=C(O)[C@H]1CC[C@H](n2ccc3c(Br)cccc32)CC1. The normalized spacial score (nSPS) is 23.6. The molecule has 19 heavy (non-hydrogen) atoms. The summed E-state index contributed by atoms with van der Waals surface area (Å²) in [5, 5.41) is 10.3. The third kappa shape index (κ3) is 2.29. The van der Waals surface area contributed by atoms with E-state index < -0.39 is 5.97 Å². The van der Waals surface area contributed by atoms with Crippen molar-refractivity contribution in [1.82, 2.24) is 4.57 Å². The zero-order valence-electron chi connectivity index (χ0n) is 10.6. The molecule has 1 aromatic heterocycles. The zero-order chi connectivity index (χ0) is 13.4. The fourth-order valence-electron chi connectivity index (χ4n) is 3.07. The largest absolute Gasteiger partial charge is 0.481 e. The second-order valence-electron chi connectivity index (χ2n) is 5.24. The summed E-state index contributed by atoms with van der Waals surface area (Å²) in [5.41, 5.74) is 1.23. The monoisotopic (exact) mass is 321 g/mol. The number of halogens is 1. The maximum absolute atomic E-state index is 11.0. The molecule has 100 valence electrons. The van der Waals surface area contributed by atoms with Crippen molar-refractivity contribution in [3.8, 4) is 0 Å². The number of carboxylic acids is 1. The van der Waals surface area contributed by atoms with Crippen LogP contribution in [0.1, 0.15) is 31.7 Å². The first-order chi connectivity index (χ1) is 9.16. The van der Waals surface area contributed by atoms with Gasteiger partial charge in [0.1, 0.15) is 0 Å². The number of fused-ring (bicyclic) bond motifs is 1. The highest BCUT2D eigenvalue weighted by molar-refractivity contribution is 9.10. The lowest BCUT2D eigenvalue weighted by molar-refractivity contribution is -0.143.